The molecule has 0 spiro atoms. The molecule has 7 rings (SSSR count). The van der Waals surface area contributed by atoms with Crippen LogP contribution in [0.25, 0.3) is 32.9 Å². The molecule has 0 radical (unpaired) electrons. The number of benzene rings is 2. The molecule has 1 unspecified atom stereocenters. The number of hydrogen-bond donors (Lipinski definition) is 0. The first-order valence-electron chi connectivity index (χ1n) is 16.2. The van der Waals surface area contributed by atoms with E-state index in [-0.39, 0.29) is 40.8 Å². The Bertz CT molecular complexity index is 1970. The Balaban J connectivity index is 1.48. The van der Waals surface area contributed by atoms with Crippen molar-refractivity contribution in [2.45, 2.75) is 43.0 Å². The summed E-state index contributed by atoms with van der Waals surface area (Å²) in [5, 5.41) is 5.36. The lowest BCUT2D eigenvalue weighted by Gasteiger charge is -2.45. The number of aryl methyl sites for hydroxylation is 1. The number of rotatable bonds is 5. The summed E-state index contributed by atoms with van der Waals surface area (Å²) < 4.78 is 49.1. The zero-order valence-electron chi connectivity index (χ0n) is 27.5. The molecule has 3 aliphatic heterocycles. The second-order valence-corrected chi connectivity index (χ2v) is 14.3. The number of hydrogen-bond acceptors (Lipinski definition) is 8. The summed E-state index contributed by atoms with van der Waals surface area (Å²) in [6, 6.07) is 5.64. The second-order valence-electron chi connectivity index (χ2n) is 13.2. The molecule has 3 atom stereocenters. The van der Waals surface area contributed by atoms with Gasteiger partial charge in [0, 0.05) is 97.5 Å². The van der Waals surface area contributed by atoms with Gasteiger partial charge >= 0.3 is 11.9 Å². The molecular weight excluding hydrogens is 641 g/mol. The summed E-state index contributed by atoms with van der Waals surface area (Å²) in [6.45, 7) is 12.1. The van der Waals surface area contributed by atoms with Crippen LogP contribution in [0.15, 0.2) is 52.8 Å². The molecule has 4 aromatic rings. The predicted molar refractivity (Wildman–Crippen MR) is 183 cm³/mol. The van der Waals surface area contributed by atoms with Gasteiger partial charge in [0.15, 0.2) is 0 Å². The van der Waals surface area contributed by atoms with Crippen molar-refractivity contribution in [1.29, 1.82) is 0 Å². The number of anilines is 1. The lowest BCUT2D eigenvalue weighted by atomic mass is 9.94. The first-order chi connectivity index (χ1) is 22.9. The van der Waals surface area contributed by atoms with E-state index in [0.717, 1.165) is 31.6 Å². The molecule has 0 bridgehead atoms. The molecule has 3 aliphatic rings. The molecule has 10 nitrogen and oxygen atoms in total. The van der Waals surface area contributed by atoms with E-state index < -0.39 is 17.4 Å². The van der Waals surface area contributed by atoms with Crippen molar-refractivity contribution < 1.29 is 18.0 Å². The smallest absolute Gasteiger partial charge is 0.352 e. The van der Waals surface area contributed by atoms with E-state index in [1.54, 1.807) is 39.5 Å². The number of carbonyl (C=O) groups excluding carboxylic acids is 1. The van der Waals surface area contributed by atoms with Crippen LogP contribution >= 0.6 is 11.8 Å². The van der Waals surface area contributed by atoms with Crippen LogP contribution in [0.1, 0.15) is 25.5 Å². The molecular formula is C34H39F3N8O2S. The molecule has 48 heavy (non-hydrogen) atoms. The maximum atomic E-state index is 15.3. The Hall–Kier alpha value is -3.88. The van der Waals surface area contributed by atoms with Crippen LogP contribution in [0.3, 0.4) is 0 Å². The van der Waals surface area contributed by atoms with Gasteiger partial charge in [-0.3, -0.25) is 18.9 Å². The summed E-state index contributed by atoms with van der Waals surface area (Å²) in [7, 11) is 3.81. The topological polar surface area (TPSA) is 82.7 Å². The Kier molecular flexibility index (Phi) is 8.31. The van der Waals surface area contributed by atoms with Gasteiger partial charge in [-0.1, -0.05) is 24.8 Å². The maximum Gasteiger partial charge on any atom is 0.417 e. The van der Waals surface area contributed by atoms with E-state index in [0.29, 0.717) is 46.9 Å². The van der Waals surface area contributed by atoms with Gasteiger partial charge in [0.05, 0.1) is 28.8 Å². The molecule has 1 amide bonds. The molecule has 0 saturated carbocycles. The molecule has 0 N–H and O–H groups in total. The fourth-order valence-corrected chi connectivity index (χ4v) is 9.08. The number of para-hydroxylation sites is 1. The number of piperazine rings is 2. The quantitative estimate of drug-likeness (QED) is 0.286. The number of halogens is 3. The third kappa shape index (κ3) is 5.47. The van der Waals surface area contributed by atoms with Crippen LogP contribution in [0.4, 0.5) is 19.0 Å². The Labute approximate surface area is 280 Å². The monoisotopic (exact) mass is 680 g/mol. The maximum absolute atomic E-state index is 15.3. The molecule has 5 heterocycles. The molecule has 254 valence electrons. The van der Waals surface area contributed by atoms with Crippen LogP contribution in [0, 0.1) is 0 Å². The number of amides is 1. The first-order valence-corrected chi connectivity index (χ1v) is 17.2. The van der Waals surface area contributed by atoms with E-state index >= 15 is 13.2 Å². The number of aromatic nitrogens is 4. The zero-order chi connectivity index (χ0) is 34.1. The summed E-state index contributed by atoms with van der Waals surface area (Å²) in [4.78, 5) is 40.0. The first kappa shape index (κ1) is 32.7. The minimum atomic E-state index is -4.70. The number of fused-ring (bicyclic) bond motifs is 1. The van der Waals surface area contributed by atoms with Gasteiger partial charge in [0.25, 0.3) is 0 Å². The van der Waals surface area contributed by atoms with Crippen LogP contribution < -0.4 is 10.6 Å². The Morgan fingerprint density at radius 3 is 2.46 bits per heavy atom. The van der Waals surface area contributed by atoms with Gasteiger partial charge in [-0.15, -0.1) is 11.8 Å². The van der Waals surface area contributed by atoms with Crippen LogP contribution in [0.5, 0.6) is 0 Å². The number of nitrogens with zero attached hydrogens (tertiary/aromatic N) is 8. The molecule has 2 saturated heterocycles. The van der Waals surface area contributed by atoms with Gasteiger partial charge in [-0.2, -0.15) is 23.3 Å². The average Bonchev–Trinajstić information content (AvgIpc) is 3.43. The van der Waals surface area contributed by atoms with Gasteiger partial charge in [-0.05, 0) is 33.0 Å². The van der Waals surface area contributed by atoms with Gasteiger partial charge in [-0.25, -0.2) is 4.79 Å². The lowest BCUT2D eigenvalue weighted by Crippen LogP contribution is -2.58. The highest BCUT2D eigenvalue weighted by atomic mass is 32.2. The highest BCUT2D eigenvalue weighted by Crippen LogP contribution is 2.51. The van der Waals surface area contributed by atoms with Crippen LogP contribution in [-0.2, 0) is 18.0 Å². The molecule has 14 heteroatoms. The van der Waals surface area contributed by atoms with Crippen molar-refractivity contribution in [3.63, 3.8) is 0 Å². The van der Waals surface area contributed by atoms with Crippen molar-refractivity contribution in [2.24, 2.45) is 7.05 Å². The second kappa shape index (κ2) is 12.2. The Morgan fingerprint density at radius 2 is 1.79 bits per heavy atom. The predicted octanol–water partition coefficient (Wildman–Crippen LogP) is 4.47. The van der Waals surface area contributed by atoms with Crippen molar-refractivity contribution in [1.82, 2.24) is 34.0 Å². The SMILES string of the molecule is C=CC(=O)N1[C@H](C)CN(c2nc(=O)n3c4c(c(-c5cccc6cnn(C)c56)c(C(F)(F)F)cc24)SCC3CN2CCN(C)CC2)C[C@@H]1C. The van der Waals surface area contributed by atoms with Gasteiger partial charge in [0.1, 0.15) is 5.82 Å². The summed E-state index contributed by atoms with van der Waals surface area (Å²) in [5.41, 5.74) is 0.282. The Morgan fingerprint density at radius 1 is 1.08 bits per heavy atom. The van der Waals surface area contributed by atoms with E-state index in [2.05, 4.69) is 33.5 Å². The average molecular weight is 681 g/mol. The fraction of sp³-hybridized carbons (Fsp3) is 0.471. The summed E-state index contributed by atoms with van der Waals surface area (Å²) in [6.07, 6.45) is -1.78. The largest absolute Gasteiger partial charge is 0.417 e. The highest BCUT2D eigenvalue weighted by molar-refractivity contribution is 7.99. The van der Waals surface area contributed by atoms with E-state index in [1.807, 2.05) is 24.8 Å². The van der Waals surface area contributed by atoms with Crippen molar-refractivity contribution >= 4 is 45.3 Å². The molecule has 0 aliphatic carbocycles. The fourth-order valence-electron chi connectivity index (χ4n) is 7.76. The zero-order valence-corrected chi connectivity index (χ0v) is 28.3. The summed E-state index contributed by atoms with van der Waals surface area (Å²) >= 11 is 1.38. The third-order valence-corrected chi connectivity index (χ3v) is 11.2. The van der Waals surface area contributed by atoms with E-state index in [1.165, 1.54) is 23.9 Å². The number of alkyl halides is 3. The number of likely N-dealkylation sites (N-methyl/N-ethyl adjacent to an activating group) is 1. The van der Waals surface area contributed by atoms with Crippen LogP contribution in [-0.4, -0.2) is 111 Å². The van der Waals surface area contributed by atoms with Crippen molar-refractivity contribution in [2.75, 3.05) is 63.5 Å². The molecule has 2 aromatic carbocycles. The minimum Gasteiger partial charge on any atom is -0.352 e. The highest BCUT2D eigenvalue weighted by Gasteiger charge is 2.41. The van der Waals surface area contributed by atoms with Crippen molar-refractivity contribution in [3.8, 4) is 11.1 Å². The van der Waals surface area contributed by atoms with Crippen LogP contribution in [0.2, 0.25) is 0 Å². The van der Waals surface area contributed by atoms with E-state index in [4.69, 9.17) is 0 Å². The number of thioether (sulfide) groups is 1. The summed E-state index contributed by atoms with van der Waals surface area (Å²) in [5.74, 6) is 0.436. The minimum absolute atomic E-state index is 0.0562. The van der Waals surface area contributed by atoms with Gasteiger partial charge in [0.2, 0.25) is 5.91 Å². The third-order valence-electron chi connectivity index (χ3n) is 9.98. The standard InChI is InChI=1S/C34H39F3N8O2S/c1-6-27(46)44-20(2)16-43(17-21(44)3)32-25-14-26(34(35,36)37)28(24-9-7-8-22-15-38-41(5)29(22)24)31-30(25)45(33(47)39-32)23(19-48-31)18-42-12-10-40(4)11-13-42/h6-9,14-15,20-21,23H,1,10-13,16-19H2,2-5H3/t20-,21+,23?. The normalized spacial score (nSPS) is 22.5. The van der Waals surface area contributed by atoms with Gasteiger partial charge < -0.3 is 14.7 Å². The number of carbonyl (C=O) groups is 1. The van der Waals surface area contributed by atoms with E-state index in [9.17, 15) is 9.59 Å². The van der Waals surface area contributed by atoms with Crippen molar-refractivity contribution in [3.05, 3.63) is 59.2 Å². The lowest BCUT2D eigenvalue weighted by molar-refractivity contribution is -0.137. The molecule has 2 fully saturated rings. The molecule has 2 aromatic heterocycles.